The number of hydrogen-bond donors (Lipinski definition) is 3. The number of unbranched alkanes of at least 4 members (excludes halogenated alkanes) is 6. The van der Waals surface area contributed by atoms with Crippen molar-refractivity contribution in [2.45, 2.75) is 226 Å². The molecule has 0 bridgehead atoms. The normalized spacial score (nSPS) is 35.5. The van der Waals surface area contributed by atoms with Gasteiger partial charge in [0.15, 0.2) is 6.29 Å². The van der Waals surface area contributed by atoms with Crippen molar-refractivity contribution in [1.82, 2.24) is 0 Å². The number of rotatable bonds is 25. The Labute approximate surface area is 378 Å². The maximum atomic E-state index is 12.6. The van der Waals surface area contributed by atoms with Gasteiger partial charge in [0.05, 0.1) is 6.10 Å². The van der Waals surface area contributed by atoms with Crippen molar-refractivity contribution in [2.24, 2.45) is 46.3 Å². The molecule has 0 amide bonds. The molecule has 0 aromatic heterocycles. The third-order valence-electron chi connectivity index (χ3n) is 16.4. The molecular weight excluding hydrogens is 773 g/mol. The van der Waals surface area contributed by atoms with E-state index in [9.17, 15) is 20.1 Å². The fourth-order valence-electron chi connectivity index (χ4n) is 12.7. The molecule has 7 nitrogen and oxygen atoms in total. The summed E-state index contributed by atoms with van der Waals surface area (Å²) in [5.74, 6) is 4.40. The molecule has 0 spiro atoms. The zero-order valence-corrected chi connectivity index (χ0v) is 40.1. The van der Waals surface area contributed by atoms with Crippen molar-refractivity contribution in [3.05, 3.63) is 60.3 Å². The predicted molar refractivity (Wildman–Crippen MR) is 253 cm³/mol. The van der Waals surface area contributed by atoms with Gasteiger partial charge in [0, 0.05) is 6.42 Å². The average molecular weight is 863 g/mol. The molecule has 3 N–H and O–H groups in total. The first-order chi connectivity index (χ1) is 29.9. The van der Waals surface area contributed by atoms with E-state index in [1.807, 2.05) is 0 Å². The van der Waals surface area contributed by atoms with Crippen LogP contribution in [0.25, 0.3) is 0 Å². The van der Waals surface area contributed by atoms with Gasteiger partial charge in [-0.25, -0.2) is 0 Å². The van der Waals surface area contributed by atoms with E-state index < -0.39 is 30.7 Å². The van der Waals surface area contributed by atoms with Gasteiger partial charge in [-0.15, -0.1) is 0 Å². The topological polar surface area (TPSA) is 105 Å². The molecular formula is C55H90O7. The first kappa shape index (κ1) is 51.0. The van der Waals surface area contributed by atoms with Crippen LogP contribution in [0.1, 0.15) is 189 Å². The second kappa shape index (κ2) is 25.6. The second-order valence-corrected chi connectivity index (χ2v) is 21.1. The van der Waals surface area contributed by atoms with E-state index >= 15 is 0 Å². The maximum absolute atomic E-state index is 12.6. The van der Waals surface area contributed by atoms with Crippen LogP contribution in [0.15, 0.2) is 60.3 Å². The Morgan fingerprint density at radius 1 is 0.774 bits per heavy atom. The van der Waals surface area contributed by atoms with Crippen LogP contribution < -0.4 is 0 Å². The SMILES string of the molecule is CC/C=C\C/C=C\C/C=C\C/C=C\CCCCCCCCC(=O)OCC1OC(OC2CCC3(C)C(=CCC4C3CCC3(C)C(C(C)CCCC(C)C)CCC43)C2)C(O)C(O)C1O. The number of carbonyl (C=O) groups is 1. The molecule has 4 aliphatic carbocycles. The molecule has 5 aliphatic rings. The Morgan fingerprint density at radius 2 is 1.45 bits per heavy atom. The molecule has 0 aromatic rings. The van der Waals surface area contributed by atoms with E-state index in [0.29, 0.717) is 17.8 Å². The minimum absolute atomic E-state index is 0.146. The first-order valence-electron chi connectivity index (χ1n) is 25.7. The molecule has 1 aliphatic heterocycles. The number of aliphatic hydroxyl groups excluding tert-OH is 3. The molecule has 0 radical (unpaired) electrons. The van der Waals surface area contributed by atoms with E-state index in [1.165, 1.54) is 63.4 Å². The molecule has 5 rings (SSSR count). The van der Waals surface area contributed by atoms with E-state index in [-0.39, 0.29) is 24.1 Å². The standard InChI is InChI=1S/C55H90O7/c1-7-8-9-10-11-12-13-14-15-16-17-18-19-20-21-22-23-24-25-29-49(56)60-39-48-50(57)51(58)52(59)53(62-48)61-43-34-36-54(5)42(38-43)30-31-44-46-33-32-45(41(4)28-26-27-40(2)3)55(46,6)37-35-47(44)54/h8-9,11-12,14-15,17-18,30,40-41,43-48,50-53,57-59H,7,10,13,16,19-29,31-39H2,1-6H3/b9-8-,12-11-,15-14-,18-17-. The van der Waals surface area contributed by atoms with Crippen molar-refractivity contribution in [2.75, 3.05) is 6.61 Å². The Hall–Kier alpha value is -2.03. The van der Waals surface area contributed by atoms with Crippen LogP contribution >= 0.6 is 0 Å². The first-order valence-corrected chi connectivity index (χ1v) is 25.7. The smallest absolute Gasteiger partial charge is 0.305 e. The van der Waals surface area contributed by atoms with Crippen molar-refractivity contribution in [3.63, 3.8) is 0 Å². The lowest BCUT2D eigenvalue weighted by molar-refractivity contribution is -0.313. The summed E-state index contributed by atoms with van der Waals surface area (Å²) >= 11 is 0. The van der Waals surface area contributed by atoms with Gasteiger partial charge in [0.25, 0.3) is 0 Å². The van der Waals surface area contributed by atoms with E-state index in [1.54, 1.807) is 0 Å². The third kappa shape index (κ3) is 14.0. The zero-order valence-electron chi connectivity index (χ0n) is 40.1. The molecule has 1 heterocycles. The molecule has 1 saturated heterocycles. The summed E-state index contributed by atoms with van der Waals surface area (Å²) in [5, 5.41) is 32.5. The highest BCUT2D eigenvalue weighted by Crippen LogP contribution is 2.67. The van der Waals surface area contributed by atoms with Crippen molar-refractivity contribution < 1.29 is 34.3 Å². The quantitative estimate of drug-likeness (QED) is 0.0477. The number of allylic oxidation sites excluding steroid dienone is 9. The van der Waals surface area contributed by atoms with Crippen LogP contribution in [-0.4, -0.2) is 64.7 Å². The van der Waals surface area contributed by atoms with Gasteiger partial charge in [-0.1, -0.05) is 147 Å². The number of fused-ring (bicyclic) bond motifs is 5. The Kier molecular flexibility index (Phi) is 21.0. The third-order valence-corrected chi connectivity index (χ3v) is 16.4. The molecule has 13 atom stereocenters. The van der Waals surface area contributed by atoms with Gasteiger partial charge in [0.2, 0.25) is 0 Å². The molecule has 352 valence electrons. The maximum Gasteiger partial charge on any atom is 0.305 e. The summed E-state index contributed by atoms with van der Waals surface area (Å²) in [5.41, 5.74) is 2.13. The predicted octanol–water partition coefficient (Wildman–Crippen LogP) is 12.7. The summed E-state index contributed by atoms with van der Waals surface area (Å²) in [6.45, 7) is 14.4. The fraction of sp³-hybridized carbons (Fsp3) is 0.800. The van der Waals surface area contributed by atoms with E-state index in [2.05, 4.69) is 96.2 Å². The molecule has 13 unspecified atom stereocenters. The number of ether oxygens (including phenoxy) is 3. The molecule has 4 fully saturated rings. The number of carbonyl (C=O) groups excluding carboxylic acids is 1. The van der Waals surface area contributed by atoms with Crippen LogP contribution in [0.2, 0.25) is 0 Å². The van der Waals surface area contributed by atoms with Crippen LogP contribution in [-0.2, 0) is 19.0 Å². The highest BCUT2D eigenvalue weighted by Gasteiger charge is 2.59. The molecule has 3 saturated carbocycles. The number of esters is 1. The van der Waals surface area contributed by atoms with E-state index in [0.717, 1.165) is 113 Å². The Bertz CT molecular complexity index is 1480. The van der Waals surface area contributed by atoms with Gasteiger partial charge in [0.1, 0.15) is 31.0 Å². The number of aliphatic hydroxyl groups is 3. The Balaban J connectivity index is 0.973. The average Bonchev–Trinajstić information content (AvgIpc) is 3.61. The van der Waals surface area contributed by atoms with Crippen LogP contribution in [0.3, 0.4) is 0 Å². The summed E-state index contributed by atoms with van der Waals surface area (Å²) in [6, 6.07) is 0. The lowest BCUT2D eigenvalue weighted by atomic mass is 9.47. The van der Waals surface area contributed by atoms with Gasteiger partial charge in [-0.3, -0.25) is 4.79 Å². The minimum atomic E-state index is -1.45. The minimum Gasteiger partial charge on any atom is -0.463 e. The largest absolute Gasteiger partial charge is 0.463 e. The van der Waals surface area contributed by atoms with Gasteiger partial charge in [-0.2, -0.15) is 0 Å². The Morgan fingerprint density at radius 3 is 2.16 bits per heavy atom. The highest BCUT2D eigenvalue weighted by molar-refractivity contribution is 5.69. The lowest BCUT2D eigenvalue weighted by Crippen LogP contribution is -2.60. The van der Waals surface area contributed by atoms with Crippen molar-refractivity contribution in [1.29, 1.82) is 0 Å². The number of hydrogen-bond acceptors (Lipinski definition) is 7. The second-order valence-electron chi connectivity index (χ2n) is 21.1. The van der Waals surface area contributed by atoms with Crippen LogP contribution in [0.5, 0.6) is 0 Å². The van der Waals surface area contributed by atoms with Crippen LogP contribution in [0, 0.1) is 46.3 Å². The van der Waals surface area contributed by atoms with Crippen molar-refractivity contribution in [3.8, 4) is 0 Å². The van der Waals surface area contributed by atoms with Crippen molar-refractivity contribution >= 4 is 5.97 Å². The summed E-state index contributed by atoms with van der Waals surface area (Å²) in [6.07, 6.45) is 39.2. The molecule has 62 heavy (non-hydrogen) atoms. The monoisotopic (exact) mass is 863 g/mol. The van der Waals surface area contributed by atoms with Gasteiger partial charge >= 0.3 is 5.97 Å². The van der Waals surface area contributed by atoms with E-state index in [4.69, 9.17) is 14.2 Å². The summed E-state index contributed by atoms with van der Waals surface area (Å²) in [7, 11) is 0. The van der Waals surface area contributed by atoms with Crippen LogP contribution in [0.4, 0.5) is 0 Å². The van der Waals surface area contributed by atoms with Gasteiger partial charge < -0.3 is 29.5 Å². The van der Waals surface area contributed by atoms with Gasteiger partial charge in [-0.05, 0) is 143 Å². The fourth-order valence-corrected chi connectivity index (χ4v) is 12.7. The summed E-state index contributed by atoms with van der Waals surface area (Å²) < 4.78 is 18.0. The molecule has 0 aromatic carbocycles. The lowest BCUT2D eigenvalue weighted by Gasteiger charge is -2.58. The molecule has 7 heteroatoms. The zero-order chi connectivity index (χ0) is 44.5. The highest BCUT2D eigenvalue weighted by atomic mass is 16.7. The summed E-state index contributed by atoms with van der Waals surface area (Å²) in [4.78, 5) is 12.6.